The van der Waals surface area contributed by atoms with E-state index in [2.05, 4.69) is 12.3 Å². The van der Waals surface area contributed by atoms with E-state index >= 15 is 0 Å². The molecule has 3 nitrogen and oxygen atoms in total. The second-order valence-corrected chi connectivity index (χ2v) is 8.32. The largest absolute Gasteiger partial charge is 0.243 e. The van der Waals surface area contributed by atoms with Crippen LogP contribution in [0.3, 0.4) is 0 Å². The lowest BCUT2D eigenvalue weighted by Gasteiger charge is -2.20. The zero-order chi connectivity index (χ0) is 17.0. The molecule has 0 spiro atoms. The van der Waals surface area contributed by atoms with Crippen LogP contribution in [0.4, 0.5) is 0 Å². The number of sulfonamides is 1. The number of aryl methyl sites for hydroxylation is 1. The minimum Gasteiger partial charge on any atom is -0.207 e. The highest BCUT2D eigenvalue weighted by Crippen LogP contribution is 2.40. The first kappa shape index (κ1) is 17.7. The Morgan fingerprint density at radius 2 is 2.00 bits per heavy atom. The molecule has 1 saturated carbocycles. The molecule has 0 N–H and O–H groups in total. The third kappa shape index (κ3) is 4.68. The number of nitrogens with zero attached hydrogens (tertiary/aromatic N) is 1. The van der Waals surface area contributed by atoms with Gasteiger partial charge in [-0.15, -0.1) is 12.3 Å². The van der Waals surface area contributed by atoms with Crippen LogP contribution in [0, 0.1) is 18.8 Å². The van der Waals surface area contributed by atoms with Gasteiger partial charge in [-0.2, -0.15) is 4.31 Å². The summed E-state index contributed by atoms with van der Waals surface area (Å²) in [7, 11) is -3.48. The van der Waals surface area contributed by atoms with Crippen LogP contribution in [-0.2, 0) is 10.0 Å². The standard InChI is InChI=1S/C19H25NO2S/c1-5-17-13-18(17)14-20(12-6-7-15(2)3)23(21,22)19-10-8-16(4)9-11-19/h5-6,8-11,17-18H,1,12-14H2,2-4H3/t17-,18-/m0/s1. The molecular formula is C19H25NO2S. The van der Waals surface area contributed by atoms with Crippen LogP contribution >= 0.6 is 0 Å². The van der Waals surface area contributed by atoms with Crippen molar-refractivity contribution in [2.75, 3.05) is 13.1 Å². The number of allylic oxidation sites excluding steroid dienone is 1. The maximum Gasteiger partial charge on any atom is 0.243 e. The zero-order valence-corrected chi connectivity index (χ0v) is 14.9. The lowest BCUT2D eigenvalue weighted by atomic mass is 10.2. The van der Waals surface area contributed by atoms with Crippen LogP contribution in [0.2, 0.25) is 0 Å². The Morgan fingerprint density at radius 3 is 2.52 bits per heavy atom. The predicted octanol–water partition coefficient (Wildman–Crippen LogP) is 3.93. The zero-order valence-electron chi connectivity index (χ0n) is 14.1. The van der Waals surface area contributed by atoms with Crippen LogP contribution in [-0.4, -0.2) is 25.8 Å². The van der Waals surface area contributed by atoms with Crippen molar-refractivity contribution >= 4 is 10.0 Å². The molecule has 0 aliphatic heterocycles. The Bertz CT molecular complexity index is 721. The van der Waals surface area contributed by atoms with E-state index in [1.54, 1.807) is 22.5 Å². The topological polar surface area (TPSA) is 37.4 Å². The quantitative estimate of drug-likeness (QED) is 0.561. The lowest BCUT2D eigenvalue weighted by molar-refractivity contribution is 0.421. The molecule has 0 heterocycles. The molecule has 1 aliphatic rings. The van der Waals surface area contributed by atoms with Gasteiger partial charge in [0.25, 0.3) is 0 Å². The number of hydrogen-bond acceptors (Lipinski definition) is 2. The fraction of sp³-hybridized carbons (Fsp3) is 0.421. The van der Waals surface area contributed by atoms with Crippen molar-refractivity contribution in [1.82, 2.24) is 4.31 Å². The fourth-order valence-corrected chi connectivity index (χ4v) is 3.95. The number of rotatable bonds is 7. The lowest BCUT2D eigenvalue weighted by Crippen LogP contribution is -2.33. The van der Waals surface area contributed by atoms with Crippen LogP contribution in [0.25, 0.3) is 0 Å². The highest BCUT2D eigenvalue weighted by molar-refractivity contribution is 7.89. The molecular weight excluding hydrogens is 306 g/mol. The van der Waals surface area contributed by atoms with E-state index < -0.39 is 10.0 Å². The summed E-state index contributed by atoms with van der Waals surface area (Å²) in [6, 6.07) is 7.03. The van der Waals surface area contributed by atoms with Gasteiger partial charge in [-0.1, -0.05) is 23.8 Å². The smallest absolute Gasteiger partial charge is 0.207 e. The molecule has 0 bridgehead atoms. The van der Waals surface area contributed by atoms with Crippen molar-refractivity contribution in [3.05, 3.63) is 59.9 Å². The van der Waals surface area contributed by atoms with Gasteiger partial charge in [0.15, 0.2) is 0 Å². The summed E-state index contributed by atoms with van der Waals surface area (Å²) in [6.07, 6.45) is 4.75. The van der Waals surface area contributed by atoms with Crippen LogP contribution < -0.4 is 0 Å². The van der Waals surface area contributed by atoms with Crippen LogP contribution in [0.1, 0.15) is 25.8 Å². The third-order valence-electron chi connectivity index (χ3n) is 4.06. The number of benzene rings is 1. The first-order valence-corrected chi connectivity index (χ1v) is 9.36. The molecule has 1 fully saturated rings. The fourth-order valence-electron chi connectivity index (χ4n) is 2.51. The molecule has 0 saturated heterocycles. The minimum atomic E-state index is -3.48. The van der Waals surface area contributed by atoms with Gasteiger partial charge < -0.3 is 0 Å². The second-order valence-electron chi connectivity index (χ2n) is 6.38. The summed E-state index contributed by atoms with van der Waals surface area (Å²) in [5, 5.41) is 0. The predicted molar refractivity (Wildman–Crippen MR) is 94.7 cm³/mol. The summed E-state index contributed by atoms with van der Waals surface area (Å²) in [5.41, 5.74) is 5.18. The summed E-state index contributed by atoms with van der Waals surface area (Å²) < 4.78 is 27.4. The Labute approximate surface area is 140 Å². The van der Waals surface area contributed by atoms with Crippen molar-refractivity contribution in [2.45, 2.75) is 32.1 Å². The summed E-state index contributed by atoms with van der Waals surface area (Å²) in [5.74, 6) is 0.825. The van der Waals surface area contributed by atoms with Crippen molar-refractivity contribution in [2.24, 2.45) is 11.8 Å². The molecule has 0 aromatic heterocycles. The summed E-state index contributed by atoms with van der Waals surface area (Å²) in [4.78, 5) is 0.351. The Hall–Kier alpha value is -1.61. The van der Waals surface area contributed by atoms with Gasteiger partial charge in [-0.3, -0.25) is 0 Å². The Balaban J connectivity index is 2.25. The maximum atomic E-state index is 12.9. The van der Waals surface area contributed by atoms with Gasteiger partial charge in [-0.05, 0) is 62.8 Å². The first-order valence-electron chi connectivity index (χ1n) is 7.92. The van der Waals surface area contributed by atoms with Crippen LogP contribution in [0.5, 0.6) is 0 Å². The SMILES string of the molecule is C=C[C@H]1C[C@H]1CN(CC=C=C(C)C)S(=O)(=O)c1ccc(C)cc1. The summed E-state index contributed by atoms with van der Waals surface area (Å²) in [6.45, 7) is 10.5. The van der Waals surface area contributed by atoms with E-state index in [9.17, 15) is 8.42 Å². The maximum absolute atomic E-state index is 12.9. The second kappa shape index (κ2) is 7.31. The van der Waals surface area contributed by atoms with E-state index in [1.807, 2.05) is 39.0 Å². The normalized spacial score (nSPS) is 20.0. The summed E-state index contributed by atoms with van der Waals surface area (Å²) >= 11 is 0. The Morgan fingerprint density at radius 1 is 1.35 bits per heavy atom. The molecule has 2 rings (SSSR count). The average Bonchev–Trinajstić information content (AvgIpc) is 3.24. The van der Waals surface area contributed by atoms with Gasteiger partial charge in [0.05, 0.1) is 4.90 Å². The Kier molecular flexibility index (Phi) is 5.64. The van der Waals surface area contributed by atoms with E-state index in [-0.39, 0.29) is 0 Å². The highest BCUT2D eigenvalue weighted by atomic mass is 32.2. The monoisotopic (exact) mass is 331 g/mol. The molecule has 2 atom stereocenters. The molecule has 1 aromatic rings. The van der Waals surface area contributed by atoms with E-state index in [0.717, 1.165) is 17.6 Å². The molecule has 124 valence electrons. The minimum absolute atomic E-state index is 0.349. The highest BCUT2D eigenvalue weighted by Gasteiger charge is 2.38. The van der Waals surface area contributed by atoms with E-state index in [0.29, 0.717) is 29.8 Å². The van der Waals surface area contributed by atoms with Gasteiger partial charge in [0.1, 0.15) is 0 Å². The van der Waals surface area contributed by atoms with Crippen molar-refractivity contribution in [3.63, 3.8) is 0 Å². The van der Waals surface area contributed by atoms with Crippen molar-refractivity contribution < 1.29 is 8.42 Å². The van der Waals surface area contributed by atoms with Gasteiger partial charge in [0.2, 0.25) is 10.0 Å². The van der Waals surface area contributed by atoms with Crippen molar-refractivity contribution in [1.29, 1.82) is 0 Å². The molecule has 23 heavy (non-hydrogen) atoms. The van der Waals surface area contributed by atoms with E-state index in [1.165, 1.54) is 0 Å². The molecule has 0 unspecified atom stereocenters. The number of hydrogen-bond donors (Lipinski definition) is 0. The molecule has 1 aliphatic carbocycles. The van der Waals surface area contributed by atoms with Crippen LogP contribution in [0.15, 0.2) is 59.2 Å². The molecule has 0 amide bonds. The molecule has 1 aromatic carbocycles. The first-order chi connectivity index (χ1) is 10.8. The molecule has 0 radical (unpaired) electrons. The van der Waals surface area contributed by atoms with Gasteiger partial charge >= 0.3 is 0 Å². The van der Waals surface area contributed by atoms with Crippen molar-refractivity contribution in [3.8, 4) is 0 Å². The third-order valence-corrected chi connectivity index (χ3v) is 5.91. The molecule has 4 heteroatoms. The van der Waals surface area contributed by atoms with E-state index in [4.69, 9.17) is 0 Å². The average molecular weight is 331 g/mol. The van der Waals surface area contributed by atoms with Gasteiger partial charge in [-0.25, -0.2) is 8.42 Å². The van der Waals surface area contributed by atoms with Gasteiger partial charge in [0, 0.05) is 13.1 Å².